The minimum absolute atomic E-state index is 0.147. The zero-order valence-electron chi connectivity index (χ0n) is 16.2. The normalized spacial score (nSPS) is 16.2. The summed E-state index contributed by atoms with van der Waals surface area (Å²) in [7, 11) is -3.44. The summed E-state index contributed by atoms with van der Waals surface area (Å²) in [5, 5.41) is 3.34. The SMILES string of the molecule is CCCn1ccnc1S[C@H](C)C(=O)Nc1ccc(S(=O)(=O)N2CCCC2)cc1. The molecule has 1 aromatic carbocycles. The number of nitrogens with zero attached hydrogens (tertiary/aromatic N) is 3. The predicted molar refractivity (Wildman–Crippen MR) is 111 cm³/mol. The fourth-order valence-electron chi connectivity index (χ4n) is 3.07. The van der Waals surface area contributed by atoms with Crippen molar-refractivity contribution in [1.82, 2.24) is 13.9 Å². The van der Waals surface area contributed by atoms with E-state index in [1.165, 1.54) is 16.1 Å². The molecule has 2 heterocycles. The maximum absolute atomic E-state index is 12.6. The van der Waals surface area contributed by atoms with Gasteiger partial charge in [-0.3, -0.25) is 4.79 Å². The molecule has 7 nitrogen and oxygen atoms in total. The second kappa shape index (κ2) is 9.11. The Hall–Kier alpha value is -1.84. The van der Waals surface area contributed by atoms with Crippen molar-refractivity contribution in [2.24, 2.45) is 0 Å². The molecule has 1 saturated heterocycles. The molecule has 1 atom stereocenters. The van der Waals surface area contributed by atoms with Gasteiger partial charge in [0.2, 0.25) is 15.9 Å². The number of aryl methyl sites for hydroxylation is 1. The molecule has 0 unspecified atom stereocenters. The summed E-state index contributed by atoms with van der Waals surface area (Å²) in [5.41, 5.74) is 0.578. The molecule has 1 fully saturated rings. The van der Waals surface area contributed by atoms with E-state index in [0.717, 1.165) is 31.0 Å². The van der Waals surface area contributed by atoms with Crippen LogP contribution in [0.25, 0.3) is 0 Å². The lowest BCUT2D eigenvalue weighted by atomic mass is 10.3. The van der Waals surface area contributed by atoms with E-state index in [0.29, 0.717) is 18.8 Å². The molecule has 3 rings (SSSR count). The average molecular weight is 423 g/mol. The van der Waals surface area contributed by atoms with Crippen LogP contribution in [0.2, 0.25) is 0 Å². The van der Waals surface area contributed by atoms with Gasteiger partial charge in [0.15, 0.2) is 5.16 Å². The summed E-state index contributed by atoms with van der Waals surface area (Å²) >= 11 is 1.41. The maximum Gasteiger partial charge on any atom is 0.243 e. The molecule has 0 saturated carbocycles. The highest BCUT2D eigenvalue weighted by Gasteiger charge is 2.27. The molecule has 0 bridgehead atoms. The standard InChI is InChI=1S/C19H26N4O3S2/c1-3-11-22-14-10-20-19(22)27-15(2)18(24)21-16-6-8-17(9-7-16)28(25,26)23-12-4-5-13-23/h6-10,14-15H,3-5,11-13H2,1-2H3,(H,21,24)/t15-/m1/s1. The van der Waals surface area contributed by atoms with Crippen LogP contribution in [0, 0.1) is 0 Å². The van der Waals surface area contributed by atoms with E-state index in [1.54, 1.807) is 30.5 Å². The third-order valence-electron chi connectivity index (χ3n) is 4.62. The first-order valence-electron chi connectivity index (χ1n) is 9.50. The van der Waals surface area contributed by atoms with Gasteiger partial charge in [-0.25, -0.2) is 13.4 Å². The van der Waals surface area contributed by atoms with E-state index in [4.69, 9.17) is 0 Å². The van der Waals surface area contributed by atoms with Gasteiger partial charge in [-0.1, -0.05) is 18.7 Å². The molecule has 0 spiro atoms. The van der Waals surface area contributed by atoms with E-state index in [2.05, 4.69) is 17.2 Å². The van der Waals surface area contributed by atoms with Crippen molar-refractivity contribution in [3.63, 3.8) is 0 Å². The predicted octanol–water partition coefficient (Wildman–Crippen LogP) is 3.20. The van der Waals surface area contributed by atoms with Crippen LogP contribution in [0.1, 0.15) is 33.1 Å². The lowest BCUT2D eigenvalue weighted by molar-refractivity contribution is -0.115. The molecule has 1 N–H and O–H groups in total. The topological polar surface area (TPSA) is 84.3 Å². The van der Waals surface area contributed by atoms with Gasteiger partial charge in [-0.2, -0.15) is 4.31 Å². The fraction of sp³-hybridized carbons (Fsp3) is 0.474. The largest absolute Gasteiger partial charge is 0.326 e. The average Bonchev–Trinajstić information content (AvgIpc) is 3.35. The third-order valence-corrected chi connectivity index (χ3v) is 7.65. The summed E-state index contributed by atoms with van der Waals surface area (Å²) in [6.45, 7) is 5.94. The molecule has 0 aliphatic carbocycles. The summed E-state index contributed by atoms with van der Waals surface area (Å²) in [6, 6.07) is 6.37. The van der Waals surface area contributed by atoms with Crippen molar-refractivity contribution in [3.05, 3.63) is 36.7 Å². The van der Waals surface area contributed by atoms with Crippen LogP contribution in [0.4, 0.5) is 5.69 Å². The van der Waals surface area contributed by atoms with Crippen molar-refractivity contribution in [2.75, 3.05) is 18.4 Å². The number of amides is 1. The Morgan fingerprint density at radius 3 is 2.57 bits per heavy atom. The summed E-state index contributed by atoms with van der Waals surface area (Å²) in [5.74, 6) is -0.147. The van der Waals surface area contributed by atoms with Crippen LogP contribution in [0.15, 0.2) is 46.7 Å². The maximum atomic E-state index is 12.6. The zero-order valence-corrected chi connectivity index (χ0v) is 17.8. The minimum atomic E-state index is -3.44. The number of aromatic nitrogens is 2. The van der Waals surface area contributed by atoms with E-state index in [1.807, 2.05) is 17.7 Å². The van der Waals surface area contributed by atoms with Crippen molar-refractivity contribution in [1.29, 1.82) is 0 Å². The quantitative estimate of drug-likeness (QED) is 0.661. The number of carbonyl (C=O) groups is 1. The van der Waals surface area contributed by atoms with Gasteiger partial charge in [0.25, 0.3) is 0 Å². The number of nitrogens with one attached hydrogen (secondary N) is 1. The fourth-order valence-corrected chi connectivity index (χ4v) is 5.48. The van der Waals surface area contributed by atoms with Crippen LogP contribution < -0.4 is 5.32 Å². The number of hydrogen-bond donors (Lipinski definition) is 1. The molecule has 1 aliphatic heterocycles. The molecule has 28 heavy (non-hydrogen) atoms. The van der Waals surface area contributed by atoms with Crippen molar-refractivity contribution < 1.29 is 13.2 Å². The first-order valence-corrected chi connectivity index (χ1v) is 11.8. The molecule has 9 heteroatoms. The van der Waals surface area contributed by atoms with Crippen LogP contribution in [0.3, 0.4) is 0 Å². The molecule has 1 amide bonds. The molecular weight excluding hydrogens is 396 g/mol. The number of hydrogen-bond acceptors (Lipinski definition) is 5. The van der Waals surface area contributed by atoms with Gasteiger partial charge in [-0.15, -0.1) is 0 Å². The zero-order chi connectivity index (χ0) is 20.1. The molecule has 152 valence electrons. The van der Waals surface area contributed by atoms with Gasteiger partial charge < -0.3 is 9.88 Å². The number of sulfonamides is 1. The smallest absolute Gasteiger partial charge is 0.243 e. The van der Waals surface area contributed by atoms with Gasteiger partial charge in [0, 0.05) is 37.7 Å². The van der Waals surface area contributed by atoms with E-state index in [9.17, 15) is 13.2 Å². The van der Waals surface area contributed by atoms with Gasteiger partial charge >= 0.3 is 0 Å². The van der Waals surface area contributed by atoms with E-state index >= 15 is 0 Å². The van der Waals surface area contributed by atoms with Crippen molar-refractivity contribution in [2.45, 2.75) is 55.0 Å². The number of anilines is 1. The Morgan fingerprint density at radius 2 is 1.93 bits per heavy atom. The first kappa shape index (κ1) is 20.9. The molecule has 0 radical (unpaired) electrons. The number of carbonyl (C=O) groups excluding carboxylic acids is 1. The summed E-state index contributed by atoms with van der Waals surface area (Å²) in [4.78, 5) is 17.1. The third kappa shape index (κ3) is 4.76. The van der Waals surface area contributed by atoms with Crippen molar-refractivity contribution in [3.8, 4) is 0 Å². The van der Waals surface area contributed by atoms with Crippen LogP contribution in [-0.2, 0) is 21.4 Å². The number of thioether (sulfide) groups is 1. The number of benzene rings is 1. The Morgan fingerprint density at radius 1 is 1.25 bits per heavy atom. The van der Waals surface area contributed by atoms with Gasteiger partial charge in [-0.05, 0) is 50.5 Å². The monoisotopic (exact) mass is 422 g/mol. The highest BCUT2D eigenvalue weighted by molar-refractivity contribution is 8.00. The molecule has 1 aliphatic rings. The first-order chi connectivity index (χ1) is 13.4. The Balaban J connectivity index is 1.61. The molecular formula is C19H26N4O3S2. The lowest BCUT2D eigenvalue weighted by Gasteiger charge is -2.16. The molecule has 1 aromatic heterocycles. The van der Waals surface area contributed by atoms with Crippen LogP contribution >= 0.6 is 11.8 Å². The minimum Gasteiger partial charge on any atom is -0.326 e. The van der Waals surface area contributed by atoms with Gasteiger partial charge in [0.05, 0.1) is 10.1 Å². The highest BCUT2D eigenvalue weighted by Crippen LogP contribution is 2.25. The van der Waals surface area contributed by atoms with E-state index < -0.39 is 10.0 Å². The number of rotatable bonds is 8. The summed E-state index contributed by atoms with van der Waals surface area (Å²) in [6.07, 6.45) is 6.45. The Labute approximate surface area is 170 Å². The second-order valence-corrected chi connectivity index (χ2v) is 10.0. The highest BCUT2D eigenvalue weighted by atomic mass is 32.2. The second-order valence-electron chi connectivity index (χ2n) is 6.79. The van der Waals surface area contributed by atoms with Gasteiger partial charge in [0.1, 0.15) is 0 Å². The number of imidazole rings is 1. The van der Waals surface area contributed by atoms with E-state index in [-0.39, 0.29) is 16.1 Å². The van der Waals surface area contributed by atoms with Crippen molar-refractivity contribution >= 4 is 33.4 Å². The Bertz CT molecular complexity index is 904. The van der Waals surface area contributed by atoms with Crippen LogP contribution in [0.5, 0.6) is 0 Å². The molecule has 2 aromatic rings. The summed E-state index contributed by atoms with van der Waals surface area (Å²) < 4.78 is 28.7. The lowest BCUT2D eigenvalue weighted by Crippen LogP contribution is -2.27. The van der Waals surface area contributed by atoms with Crippen LogP contribution in [-0.4, -0.2) is 46.5 Å². The Kier molecular flexibility index (Phi) is 6.79.